The van der Waals surface area contributed by atoms with Crippen LogP contribution in [-0.2, 0) is 10.7 Å². The van der Waals surface area contributed by atoms with E-state index >= 15 is 0 Å². The van der Waals surface area contributed by atoms with Gasteiger partial charge in [-0.2, -0.15) is 0 Å². The predicted molar refractivity (Wildman–Crippen MR) is 99.1 cm³/mol. The zero-order chi connectivity index (χ0) is 19.9. The summed E-state index contributed by atoms with van der Waals surface area (Å²) in [5, 5.41) is 9.45. The lowest BCUT2D eigenvalue weighted by Crippen LogP contribution is -2.28. The number of allylic oxidation sites excluding steroid dienone is 1. The second-order valence-corrected chi connectivity index (χ2v) is 7.13. The van der Waals surface area contributed by atoms with Crippen LogP contribution in [0.15, 0.2) is 47.2 Å². The molecule has 4 nitrogen and oxygen atoms in total. The smallest absolute Gasteiger partial charge is 0.449 e. The highest BCUT2D eigenvalue weighted by Crippen LogP contribution is 2.36. The van der Waals surface area contributed by atoms with E-state index in [-0.39, 0.29) is 17.1 Å². The van der Waals surface area contributed by atoms with Crippen LogP contribution < -0.4 is 0 Å². The van der Waals surface area contributed by atoms with Gasteiger partial charge < -0.3 is 14.7 Å². The zero-order valence-electron chi connectivity index (χ0n) is 15.0. The maximum absolute atomic E-state index is 14.3. The van der Waals surface area contributed by atoms with Gasteiger partial charge in [0, 0.05) is 30.8 Å². The van der Waals surface area contributed by atoms with Crippen molar-refractivity contribution in [1.82, 2.24) is 4.90 Å². The molecule has 1 aliphatic rings. The second kappa shape index (κ2) is 9.73. The van der Waals surface area contributed by atoms with Crippen LogP contribution in [0.3, 0.4) is 0 Å². The Morgan fingerprint density at radius 1 is 1.33 bits per heavy atom. The van der Waals surface area contributed by atoms with Crippen molar-refractivity contribution >= 4 is 17.9 Å². The van der Waals surface area contributed by atoms with Gasteiger partial charge in [0.15, 0.2) is 5.76 Å². The van der Waals surface area contributed by atoms with Gasteiger partial charge in [0.2, 0.25) is 0 Å². The van der Waals surface area contributed by atoms with Gasteiger partial charge >= 0.3 is 6.16 Å². The maximum atomic E-state index is 14.3. The highest BCUT2D eigenvalue weighted by molar-refractivity contribution is 8.03. The monoisotopic (exact) mass is 401 g/mol. The number of carbonyl (C=O) groups is 1. The molecule has 0 bridgehead atoms. The van der Waals surface area contributed by atoms with Crippen LogP contribution >= 0.6 is 11.8 Å². The van der Waals surface area contributed by atoms with Crippen LogP contribution in [0, 0.1) is 5.82 Å². The summed E-state index contributed by atoms with van der Waals surface area (Å²) in [4.78, 5) is 12.8. The Kier molecular flexibility index (Phi) is 7.65. The number of nitrogens with zero attached hydrogens (tertiary/aromatic N) is 1. The van der Waals surface area contributed by atoms with E-state index in [4.69, 9.17) is 9.84 Å². The third kappa shape index (κ3) is 6.23. The lowest BCUT2D eigenvalue weighted by Gasteiger charge is -2.29. The summed E-state index contributed by atoms with van der Waals surface area (Å²) < 4.78 is 46.4. The molecule has 0 saturated heterocycles. The van der Waals surface area contributed by atoms with Gasteiger partial charge in [-0.1, -0.05) is 31.6 Å². The first kappa shape index (κ1) is 21.2. The van der Waals surface area contributed by atoms with Gasteiger partial charge in [0.1, 0.15) is 10.8 Å². The van der Waals surface area contributed by atoms with E-state index in [1.165, 1.54) is 0 Å². The van der Waals surface area contributed by atoms with Gasteiger partial charge in [0.25, 0.3) is 5.92 Å². The number of hydrogen-bond donors (Lipinski definition) is 1. The highest BCUT2D eigenvalue weighted by Gasteiger charge is 2.31. The Bertz CT molecular complexity index is 705. The molecule has 1 N–H and O–H groups in total. The number of thioether (sulfide) groups is 1. The van der Waals surface area contributed by atoms with Crippen molar-refractivity contribution in [2.45, 2.75) is 32.1 Å². The molecular formula is C19H22F3NO3S. The summed E-state index contributed by atoms with van der Waals surface area (Å²) in [5.41, 5.74) is -0.244. The predicted octanol–water partition coefficient (Wildman–Crippen LogP) is 5.58. The summed E-state index contributed by atoms with van der Waals surface area (Å²) >= 11 is 1.14. The first-order chi connectivity index (χ1) is 12.8. The fourth-order valence-electron chi connectivity index (χ4n) is 2.59. The molecule has 1 aromatic rings. The van der Waals surface area contributed by atoms with Gasteiger partial charge in [0.05, 0.1) is 0 Å². The molecule has 0 unspecified atom stereocenters. The molecular weight excluding hydrogens is 379 g/mol. The quantitative estimate of drug-likeness (QED) is 0.548. The van der Waals surface area contributed by atoms with Gasteiger partial charge in [-0.3, -0.25) is 0 Å². The Morgan fingerprint density at radius 3 is 2.67 bits per heavy atom. The van der Waals surface area contributed by atoms with Crippen molar-refractivity contribution in [2.24, 2.45) is 0 Å². The van der Waals surface area contributed by atoms with Crippen LogP contribution in [0.1, 0.15) is 31.7 Å². The number of benzene rings is 1. The minimum Gasteiger partial charge on any atom is -0.449 e. The Hall–Kier alpha value is -2.09. The molecule has 1 heterocycles. The van der Waals surface area contributed by atoms with Crippen LogP contribution in [0.2, 0.25) is 0 Å². The van der Waals surface area contributed by atoms with E-state index in [1.54, 1.807) is 12.2 Å². The molecule has 0 fully saturated rings. The van der Waals surface area contributed by atoms with Crippen LogP contribution in [-0.4, -0.2) is 35.0 Å². The summed E-state index contributed by atoms with van der Waals surface area (Å²) in [7, 11) is 0. The van der Waals surface area contributed by atoms with E-state index in [0.29, 0.717) is 18.1 Å². The Labute approximate surface area is 160 Å². The third-order valence-corrected chi connectivity index (χ3v) is 5.13. The number of hydrogen-bond acceptors (Lipinski definition) is 4. The van der Waals surface area contributed by atoms with Crippen molar-refractivity contribution in [3.05, 3.63) is 58.6 Å². The molecule has 0 amide bonds. The van der Waals surface area contributed by atoms with Crippen molar-refractivity contribution < 1.29 is 27.8 Å². The molecule has 148 valence electrons. The van der Waals surface area contributed by atoms with E-state index in [2.05, 4.69) is 0 Å². The summed E-state index contributed by atoms with van der Waals surface area (Å²) in [5.74, 6) is -3.46. The van der Waals surface area contributed by atoms with Crippen molar-refractivity contribution in [2.75, 3.05) is 18.8 Å². The van der Waals surface area contributed by atoms with Crippen molar-refractivity contribution in [3.63, 3.8) is 0 Å². The molecule has 8 heteroatoms. The third-order valence-electron chi connectivity index (χ3n) is 3.99. The van der Waals surface area contributed by atoms with E-state index < -0.39 is 24.3 Å². The summed E-state index contributed by atoms with van der Waals surface area (Å²) in [6.07, 6.45) is 3.28. The Balaban J connectivity index is 2.07. The van der Waals surface area contributed by atoms with Crippen molar-refractivity contribution in [3.8, 4) is 0 Å². The van der Waals surface area contributed by atoms with E-state index in [0.717, 1.165) is 48.9 Å². The first-order valence-corrected chi connectivity index (χ1v) is 9.65. The highest BCUT2D eigenvalue weighted by atomic mass is 32.2. The lowest BCUT2D eigenvalue weighted by atomic mass is 10.1. The maximum Gasteiger partial charge on any atom is 0.511 e. The van der Waals surface area contributed by atoms with Crippen LogP contribution in [0.5, 0.6) is 0 Å². The molecule has 2 rings (SSSR count). The number of halogens is 3. The molecule has 27 heavy (non-hydrogen) atoms. The average Bonchev–Trinajstić information content (AvgIpc) is 2.61. The first-order valence-electron chi connectivity index (χ1n) is 8.66. The standard InChI is InChI=1S/C19H22F3NO3S/c1-2-3-11-23-12-4-5-16(26-18(24)25)17(23)27-13-10-19(21,22)14-6-8-15(20)9-7-14/h4-9H,2-3,10-13H2,1H3,(H,24,25). The van der Waals surface area contributed by atoms with Crippen LogP contribution in [0.4, 0.5) is 18.0 Å². The Morgan fingerprint density at radius 2 is 2.04 bits per heavy atom. The fraction of sp³-hybridized carbons (Fsp3) is 0.421. The topological polar surface area (TPSA) is 49.8 Å². The molecule has 0 radical (unpaired) electrons. The van der Waals surface area contributed by atoms with Gasteiger partial charge in [-0.05, 0) is 24.6 Å². The van der Waals surface area contributed by atoms with Gasteiger partial charge in [-0.15, -0.1) is 11.8 Å². The number of unbranched alkanes of at least 4 members (excludes halogenated alkanes) is 1. The zero-order valence-corrected chi connectivity index (χ0v) is 15.8. The van der Waals surface area contributed by atoms with Crippen LogP contribution in [0.25, 0.3) is 0 Å². The SMILES string of the molecule is CCCCN1CC=CC(OC(=O)O)=C1SCCC(F)(F)c1ccc(F)cc1. The molecule has 0 spiro atoms. The molecule has 1 aromatic carbocycles. The average molecular weight is 401 g/mol. The number of carboxylic acid groups (broad SMARTS) is 1. The fourth-order valence-corrected chi connectivity index (χ4v) is 3.74. The molecule has 1 aliphatic heterocycles. The normalized spacial score (nSPS) is 14.6. The number of rotatable bonds is 9. The number of ether oxygens (including phenoxy) is 1. The van der Waals surface area contributed by atoms with Crippen molar-refractivity contribution in [1.29, 1.82) is 0 Å². The molecule has 0 aromatic heterocycles. The molecule has 0 aliphatic carbocycles. The second-order valence-electron chi connectivity index (χ2n) is 6.05. The molecule has 0 saturated carbocycles. The van der Waals surface area contributed by atoms with E-state index in [1.807, 2.05) is 11.8 Å². The number of alkyl halides is 2. The summed E-state index contributed by atoms with van der Waals surface area (Å²) in [6, 6.07) is 4.18. The summed E-state index contributed by atoms with van der Waals surface area (Å²) in [6.45, 7) is 3.29. The largest absolute Gasteiger partial charge is 0.511 e. The minimum atomic E-state index is -3.10. The van der Waals surface area contributed by atoms with Gasteiger partial charge in [-0.25, -0.2) is 18.0 Å². The lowest BCUT2D eigenvalue weighted by molar-refractivity contribution is -0.00708. The minimum absolute atomic E-state index is 0.0582. The molecule has 0 atom stereocenters. The van der Waals surface area contributed by atoms with E-state index in [9.17, 15) is 18.0 Å².